The Balaban J connectivity index is 1.99. The van der Waals surface area contributed by atoms with E-state index in [1.165, 1.54) is 19.2 Å². The number of alkyl halides is 3. The maximum Gasteiger partial charge on any atom is 0.393 e. The van der Waals surface area contributed by atoms with Crippen LogP contribution in [-0.4, -0.2) is 25.2 Å². The van der Waals surface area contributed by atoms with Gasteiger partial charge in [0.1, 0.15) is 0 Å². The van der Waals surface area contributed by atoms with Crippen LogP contribution < -0.4 is 10.1 Å². The monoisotopic (exact) mass is 333 g/mol. The molecule has 1 saturated carbocycles. The summed E-state index contributed by atoms with van der Waals surface area (Å²) in [5.41, 5.74) is 0.389. The Hall–Kier alpha value is -1.79. The van der Waals surface area contributed by atoms with E-state index in [1.54, 1.807) is 0 Å². The molecule has 1 aromatic carbocycles. The molecule has 3 nitrogen and oxygen atoms in total. The van der Waals surface area contributed by atoms with Crippen molar-refractivity contribution in [3.63, 3.8) is 0 Å². The number of nitrogens with one attached hydrogen (secondary N) is 1. The van der Waals surface area contributed by atoms with Crippen molar-refractivity contribution in [3.05, 3.63) is 29.6 Å². The molecule has 1 aliphatic rings. The van der Waals surface area contributed by atoms with E-state index in [-0.39, 0.29) is 18.6 Å². The van der Waals surface area contributed by atoms with Gasteiger partial charge < -0.3 is 10.1 Å². The third-order valence-corrected chi connectivity index (χ3v) is 4.11. The highest BCUT2D eigenvalue weighted by Crippen LogP contribution is 2.37. The lowest BCUT2D eigenvalue weighted by Crippen LogP contribution is -2.48. The van der Waals surface area contributed by atoms with Gasteiger partial charge in [-0.1, -0.05) is 18.9 Å². The van der Waals surface area contributed by atoms with Crippen molar-refractivity contribution in [1.82, 2.24) is 5.32 Å². The second kappa shape index (κ2) is 7.19. The molecule has 0 radical (unpaired) electrons. The molecule has 0 aromatic heterocycles. The maximum absolute atomic E-state index is 13.6. The van der Waals surface area contributed by atoms with Crippen molar-refractivity contribution in [3.8, 4) is 5.75 Å². The summed E-state index contributed by atoms with van der Waals surface area (Å²) in [6.45, 7) is 0. The molecule has 1 N–H and O–H groups in total. The molecule has 2 atom stereocenters. The molecule has 7 heteroatoms. The minimum Gasteiger partial charge on any atom is -0.494 e. The molecule has 1 fully saturated rings. The quantitative estimate of drug-likeness (QED) is 0.855. The van der Waals surface area contributed by atoms with Gasteiger partial charge in [-0.3, -0.25) is 4.79 Å². The van der Waals surface area contributed by atoms with Crippen LogP contribution in [0.15, 0.2) is 18.2 Å². The second-order valence-electron chi connectivity index (χ2n) is 5.75. The number of ether oxygens (including phenoxy) is 1. The first-order chi connectivity index (χ1) is 10.8. The highest BCUT2D eigenvalue weighted by atomic mass is 19.4. The first-order valence-corrected chi connectivity index (χ1v) is 7.49. The van der Waals surface area contributed by atoms with Crippen molar-refractivity contribution in [2.75, 3.05) is 7.11 Å². The summed E-state index contributed by atoms with van der Waals surface area (Å²) in [6.07, 6.45) is -2.96. The Labute approximate surface area is 132 Å². The first-order valence-electron chi connectivity index (χ1n) is 7.49. The zero-order valence-electron chi connectivity index (χ0n) is 12.8. The number of amides is 1. The van der Waals surface area contributed by atoms with Crippen molar-refractivity contribution in [2.45, 2.75) is 44.3 Å². The molecule has 1 aromatic rings. The van der Waals surface area contributed by atoms with E-state index < -0.39 is 29.9 Å². The van der Waals surface area contributed by atoms with E-state index in [0.717, 1.165) is 6.07 Å². The molecule has 23 heavy (non-hydrogen) atoms. The van der Waals surface area contributed by atoms with Gasteiger partial charge in [-0.15, -0.1) is 0 Å². The normalized spacial score (nSPS) is 21.8. The minimum atomic E-state index is -4.31. The lowest BCUT2D eigenvalue weighted by Gasteiger charge is -2.33. The third kappa shape index (κ3) is 4.59. The molecule has 1 amide bonds. The summed E-state index contributed by atoms with van der Waals surface area (Å²) in [5, 5.41) is 2.46. The summed E-state index contributed by atoms with van der Waals surface area (Å²) in [5.74, 6) is -2.59. The smallest absolute Gasteiger partial charge is 0.393 e. The average molecular weight is 333 g/mol. The van der Waals surface area contributed by atoms with Gasteiger partial charge in [0.2, 0.25) is 5.91 Å². The number of benzene rings is 1. The molecule has 0 saturated heterocycles. The SMILES string of the molecule is COc1ccc(CC(=O)N[C@@H]2CCCC[C@@H]2C(F)(F)F)cc1F. The van der Waals surface area contributed by atoms with Gasteiger partial charge >= 0.3 is 6.18 Å². The Bertz CT molecular complexity index is 560. The van der Waals surface area contributed by atoms with Crippen molar-refractivity contribution in [1.29, 1.82) is 0 Å². The van der Waals surface area contributed by atoms with Crippen LogP contribution >= 0.6 is 0 Å². The number of carbonyl (C=O) groups is 1. The molecule has 0 bridgehead atoms. The second-order valence-corrected chi connectivity index (χ2v) is 5.75. The van der Waals surface area contributed by atoms with Crippen LogP contribution in [0.1, 0.15) is 31.2 Å². The fraction of sp³-hybridized carbons (Fsp3) is 0.562. The fourth-order valence-corrected chi connectivity index (χ4v) is 2.96. The number of methoxy groups -OCH3 is 1. The minimum absolute atomic E-state index is 0.0333. The Kier molecular flexibility index (Phi) is 5.49. The first kappa shape index (κ1) is 17.6. The van der Waals surface area contributed by atoms with Gasteiger partial charge in [0, 0.05) is 6.04 Å². The van der Waals surface area contributed by atoms with Gasteiger partial charge in [0.15, 0.2) is 11.6 Å². The molecule has 0 spiro atoms. The third-order valence-electron chi connectivity index (χ3n) is 4.11. The Morgan fingerprint density at radius 2 is 2.00 bits per heavy atom. The number of carbonyl (C=O) groups excluding carboxylic acids is 1. The van der Waals surface area contributed by atoms with Crippen molar-refractivity contribution >= 4 is 5.91 Å². The van der Waals surface area contributed by atoms with Crippen molar-refractivity contribution in [2.24, 2.45) is 5.92 Å². The summed E-state index contributed by atoms with van der Waals surface area (Å²) in [4.78, 5) is 12.0. The molecule has 128 valence electrons. The molecule has 0 aliphatic heterocycles. The summed E-state index contributed by atoms with van der Waals surface area (Å²) in [7, 11) is 1.32. The highest BCUT2D eigenvalue weighted by Gasteiger charge is 2.45. The number of rotatable bonds is 4. The predicted molar refractivity (Wildman–Crippen MR) is 76.6 cm³/mol. The topological polar surface area (TPSA) is 38.3 Å². The van der Waals surface area contributed by atoms with Gasteiger partial charge in [0.25, 0.3) is 0 Å². The molecule has 0 unspecified atom stereocenters. The maximum atomic E-state index is 13.6. The van der Waals surface area contributed by atoms with E-state index in [0.29, 0.717) is 24.8 Å². The van der Waals surface area contributed by atoms with Gasteiger partial charge in [-0.25, -0.2) is 4.39 Å². The fourth-order valence-electron chi connectivity index (χ4n) is 2.96. The van der Waals surface area contributed by atoms with Gasteiger partial charge in [0.05, 0.1) is 19.4 Å². The summed E-state index contributed by atoms with van der Waals surface area (Å²) >= 11 is 0. The van der Waals surface area contributed by atoms with Crippen LogP contribution in [0.5, 0.6) is 5.75 Å². The number of hydrogen-bond donors (Lipinski definition) is 1. The molecular weight excluding hydrogens is 314 g/mol. The number of halogens is 4. The van der Waals surface area contributed by atoms with E-state index in [1.807, 2.05) is 0 Å². The standard InChI is InChI=1S/C16H19F4NO2/c1-23-14-7-6-10(8-12(14)17)9-15(22)21-13-5-3-2-4-11(13)16(18,19)20/h6-8,11,13H,2-5,9H2,1H3,(H,21,22)/t11-,13+/m0/s1. The highest BCUT2D eigenvalue weighted by molar-refractivity contribution is 5.79. The van der Waals surface area contributed by atoms with Gasteiger partial charge in [-0.2, -0.15) is 13.2 Å². The van der Waals surface area contributed by atoms with Crippen LogP contribution in [0.25, 0.3) is 0 Å². The lowest BCUT2D eigenvalue weighted by atomic mass is 9.84. The molecule has 2 rings (SSSR count). The Morgan fingerprint density at radius 3 is 2.61 bits per heavy atom. The Morgan fingerprint density at radius 1 is 1.30 bits per heavy atom. The zero-order valence-corrected chi connectivity index (χ0v) is 12.8. The largest absolute Gasteiger partial charge is 0.494 e. The van der Waals surface area contributed by atoms with E-state index in [4.69, 9.17) is 4.74 Å². The lowest BCUT2D eigenvalue weighted by molar-refractivity contribution is -0.189. The summed E-state index contributed by atoms with van der Waals surface area (Å²) < 4.78 is 57.3. The molecular formula is C16H19F4NO2. The van der Waals surface area contributed by atoms with Crippen LogP contribution in [0, 0.1) is 11.7 Å². The van der Waals surface area contributed by atoms with E-state index in [2.05, 4.69) is 5.32 Å². The van der Waals surface area contributed by atoms with E-state index in [9.17, 15) is 22.4 Å². The zero-order chi connectivity index (χ0) is 17.0. The summed E-state index contributed by atoms with van der Waals surface area (Å²) in [6, 6.07) is 3.15. The van der Waals surface area contributed by atoms with Crippen LogP contribution in [-0.2, 0) is 11.2 Å². The molecule has 1 aliphatic carbocycles. The van der Waals surface area contributed by atoms with Crippen molar-refractivity contribution < 1.29 is 27.1 Å². The molecule has 0 heterocycles. The number of hydrogen-bond acceptors (Lipinski definition) is 2. The van der Waals surface area contributed by atoms with E-state index >= 15 is 0 Å². The van der Waals surface area contributed by atoms with Crippen LogP contribution in [0.2, 0.25) is 0 Å². The predicted octanol–water partition coefficient (Wildman–Crippen LogP) is 3.61. The van der Waals surface area contributed by atoms with Crippen LogP contribution in [0.4, 0.5) is 17.6 Å². The van der Waals surface area contributed by atoms with Crippen LogP contribution in [0.3, 0.4) is 0 Å². The van der Waals surface area contributed by atoms with Gasteiger partial charge in [-0.05, 0) is 30.5 Å². The average Bonchev–Trinajstić information content (AvgIpc) is 2.46.